The summed E-state index contributed by atoms with van der Waals surface area (Å²) < 4.78 is 27.5. The van der Waals surface area contributed by atoms with Crippen LogP contribution in [0.3, 0.4) is 0 Å². The van der Waals surface area contributed by atoms with E-state index in [4.69, 9.17) is 0 Å². The standard InChI is InChI=1S/C13H15F2N2O2/c1-12(2)13(3,4)17(19)11(16(12)18)8-6-5-7-9(14)10(8)15/h5-7H,1-4H3. The van der Waals surface area contributed by atoms with Gasteiger partial charge in [-0.25, -0.2) is 8.78 Å². The Bertz CT molecular complexity index is 568. The molecule has 19 heavy (non-hydrogen) atoms. The SMILES string of the molecule is CC1(C)N([O])C(c2cccc(F)c2F)=[N+]([O-])C1(C)C. The first-order chi connectivity index (χ1) is 8.62. The Morgan fingerprint density at radius 3 is 2.26 bits per heavy atom. The fraction of sp³-hybridized carbons (Fsp3) is 0.462. The van der Waals surface area contributed by atoms with Crippen LogP contribution in [0.15, 0.2) is 18.2 Å². The second kappa shape index (κ2) is 3.90. The van der Waals surface area contributed by atoms with Crippen molar-refractivity contribution in [2.45, 2.75) is 38.8 Å². The first-order valence-corrected chi connectivity index (χ1v) is 5.88. The van der Waals surface area contributed by atoms with Crippen molar-refractivity contribution in [2.24, 2.45) is 0 Å². The highest BCUT2D eigenvalue weighted by molar-refractivity contribution is 5.96. The summed E-state index contributed by atoms with van der Waals surface area (Å²) in [6, 6.07) is 3.43. The van der Waals surface area contributed by atoms with Crippen molar-refractivity contribution >= 4 is 5.84 Å². The van der Waals surface area contributed by atoms with Gasteiger partial charge < -0.3 is 5.21 Å². The molecular formula is C13H15F2N2O2. The van der Waals surface area contributed by atoms with Crippen molar-refractivity contribution in [1.82, 2.24) is 5.06 Å². The quantitative estimate of drug-likeness (QED) is 0.580. The van der Waals surface area contributed by atoms with Gasteiger partial charge in [-0.2, -0.15) is 0 Å². The molecule has 1 aliphatic rings. The molecule has 1 aliphatic heterocycles. The Morgan fingerprint density at radius 2 is 1.79 bits per heavy atom. The molecule has 0 saturated heterocycles. The van der Waals surface area contributed by atoms with Crippen LogP contribution in [0.4, 0.5) is 8.78 Å². The molecule has 103 valence electrons. The predicted octanol–water partition coefficient (Wildman–Crippen LogP) is 2.44. The highest BCUT2D eigenvalue weighted by Gasteiger charge is 2.60. The lowest BCUT2D eigenvalue weighted by Crippen LogP contribution is -2.53. The highest BCUT2D eigenvalue weighted by Crippen LogP contribution is 2.37. The predicted molar refractivity (Wildman–Crippen MR) is 64.8 cm³/mol. The second-order valence-corrected chi connectivity index (χ2v) is 5.63. The van der Waals surface area contributed by atoms with Crippen LogP contribution in [0.5, 0.6) is 0 Å². The van der Waals surface area contributed by atoms with E-state index >= 15 is 0 Å². The van der Waals surface area contributed by atoms with Crippen LogP contribution >= 0.6 is 0 Å². The number of hydroxylamine groups is 3. The molecule has 4 nitrogen and oxygen atoms in total. The van der Waals surface area contributed by atoms with Crippen LogP contribution in [0.25, 0.3) is 0 Å². The fourth-order valence-corrected chi connectivity index (χ4v) is 2.00. The van der Waals surface area contributed by atoms with Crippen molar-refractivity contribution < 1.29 is 18.7 Å². The summed E-state index contributed by atoms with van der Waals surface area (Å²) in [4.78, 5) is 0. The summed E-state index contributed by atoms with van der Waals surface area (Å²) in [6.45, 7) is 6.37. The molecule has 0 aromatic heterocycles. The van der Waals surface area contributed by atoms with E-state index in [2.05, 4.69) is 0 Å². The molecule has 0 fully saturated rings. The van der Waals surface area contributed by atoms with Gasteiger partial charge in [0.1, 0.15) is 11.1 Å². The molecule has 0 atom stereocenters. The Kier molecular flexibility index (Phi) is 2.82. The van der Waals surface area contributed by atoms with Gasteiger partial charge in [-0.3, -0.25) is 4.74 Å². The molecule has 2 rings (SSSR count). The first kappa shape index (κ1) is 13.7. The Morgan fingerprint density at radius 1 is 1.21 bits per heavy atom. The molecular weight excluding hydrogens is 254 g/mol. The summed E-state index contributed by atoms with van der Waals surface area (Å²) >= 11 is 0. The number of benzene rings is 1. The van der Waals surface area contributed by atoms with Crippen LogP contribution < -0.4 is 0 Å². The number of halogens is 2. The maximum atomic E-state index is 13.8. The van der Waals surface area contributed by atoms with Crippen molar-refractivity contribution in [1.29, 1.82) is 0 Å². The van der Waals surface area contributed by atoms with E-state index in [1.165, 1.54) is 12.1 Å². The third-order valence-corrected chi connectivity index (χ3v) is 4.09. The van der Waals surface area contributed by atoms with Crippen LogP contribution in [0.1, 0.15) is 33.3 Å². The van der Waals surface area contributed by atoms with Gasteiger partial charge in [-0.1, -0.05) is 11.1 Å². The molecule has 0 bridgehead atoms. The smallest absolute Gasteiger partial charge is 0.319 e. The normalized spacial score (nSPS) is 21.1. The average molecular weight is 269 g/mol. The molecule has 6 heteroatoms. The molecule has 0 spiro atoms. The van der Waals surface area contributed by atoms with Crippen LogP contribution in [-0.2, 0) is 5.21 Å². The van der Waals surface area contributed by atoms with Crippen LogP contribution in [-0.4, -0.2) is 26.7 Å². The van der Waals surface area contributed by atoms with Gasteiger partial charge in [0.05, 0.1) is 0 Å². The van der Waals surface area contributed by atoms with Gasteiger partial charge in [-0.05, 0) is 39.8 Å². The number of hydrogen-bond donors (Lipinski definition) is 0. The van der Waals surface area contributed by atoms with Crippen LogP contribution in [0, 0.1) is 16.8 Å². The molecule has 1 radical (unpaired) electrons. The Hall–Kier alpha value is -1.69. The zero-order valence-corrected chi connectivity index (χ0v) is 11.2. The van der Waals surface area contributed by atoms with E-state index in [1.807, 2.05) is 0 Å². The van der Waals surface area contributed by atoms with Crippen molar-refractivity contribution in [3.05, 3.63) is 40.6 Å². The summed E-state index contributed by atoms with van der Waals surface area (Å²) in [6.07, 6.45) is 0. The zero-order valence-electron chi connectivity index (χ0n) is 11.2. The zero-order chi connectivity index (χ0) is 14.6. The summed E-state index contributed by atoms with van der Waals surface area (Å²) in [5.41, 5.74) is -2.42. The van der Waals surface area contributed by atoms with Crippen molar-refractivity contribution in [3.8, 4) is 0 Å². The van der Waals surface area contributed by atoms with E-state index in [9.17, 15) is 19.2 Å². The molecule has 1 heterocycles. The number of rotatable bonds is 1. The van der Waals surface area contributed by atoms with Gasteiger partial charge in [0.2, 0.25) is 0 Å². The Labute approximate surface area is 110 Å². The highest BCUT2D eigenvalue weighted by atomic mass is 19.2. The molecule has 0 N–H and O–H groups in total. The third kappa shape index (κ3) is 1.63. The number of amidine groups is 1. The van der Waals surface area contributed by atoms with Crippen molar-refractivity contribution in [3.63, 3.8) is 0 Å². The van der Waals surface area contributed by atoms with Crippen molar-refractivity contribution in [2.75, 3.05) is 0 Å². The summed E-state index contributed by atoms with van der Waals surface area (Å²) in [5.74, 6) is -2.67. The fourth-order valence-electron chi connectivity index (χ4n) is 2.00. The maximum absolute atomic E-state index is 13.8. The molecule has 0 unspecified atom stereocenters. The molecule has 0 aliphatic carbocycles. The minimum Gasteiger partial charge on any atom is -0.714 e. The minimum atomic E-state index is -1.19. The van der Waals surface area contributed by atoms with Gasteiger partial charge >= 0.3 is 5.84 Å². The van der Waals surface area contributed by atoms with E-state index in [0.29, 0.717) is 9.80 Å². The average Bonchev–Trinajstić information content (AvgIpc) is 2.43. The lowest BCUT2D eigenvalue weighted by molar-refractivity contribution is -0.539. The lowest BCUT2D eigenvalue weighted by Gasteiger charge is -2.32. The van der Waals surface area contributed by atoms with Crippen LogP contribution in [0.2, 0.25) is 0 Å². The third-order valence-electron chi connectivity index (χ3n) is 4.09. The monoisotopic (exact) mass is 269 g/mol. The van der Waals surface area contributed by atoms with E-state index in [0.717, 1.165) is 6.07 Å². The minimum absolute atomic E-state index is 0.316. The van der Waals surface area contributed by atoms with E-state index < -0.39 is 28.5 Å². The van der Waals surface area contributed by atoms with Gasteiger partial charge in [0.15, 0.2) is 17.2 Å². The van der Waals surface area contributed by atoms with E-state index in [1.54, 1.807) is 27.7 Å². The molecule has 1 aromatic rings. The number of hydrogen-bond acceptors (Lipinski definition) is 2. The first-order valence-electron chi connectivity index (χ1n) is 5.88. The molecule has 0 saturated carbocycles. The lowest BCUT2D eigenvalue weighted by atomic mass is 9.84. The molecule has 1 aromatic carbocycles. The van der Waals surface area contributed by atoms with E-state index in [-0.39, 0.29) is 5.56 Å². The number of nitrogens with zero attached hydrogens (tertiary/aromatic N) is 2. The second-order valence-electron chi connectivity index (χ2n) is 5.63. The van der Waals surface area contributed by atoms with Gasteiger partial charge in [0, 0.05) is 5.21 Å². The summed E-state index contributed by atoms with van der Waals surface area (Å²) in [7, 11) is 0. The topological polar surface area (TPSA) is 49.2 Å². The Balaban J connectivity index is 2.69. The molecule has 0 amide bonds. The maximum Gasteiger partial charge on any atom is 0.319 e. The summed E-state index contributed by atoms with van der Waals surface area (Å²) in [5, 5.41) is 25.0. The van der Waals surface area contributed by atoms with Gasteiger partial charge in [0.25, 0.3) is 0 Å². The van der Waals surface area contributed by atoms with Gasteiger partial charge in [-0.15, -0.1) is 0 Å². The largest absolute Gasteiger partial charge is 0.714 e.